The fourth-order valence-electron chi connectivity index (χ4n) is 4.21. The summed E-state index contributed by atoms with van der Waals surface area (Å²) in [5, 5.41) is 0. The van der Waals surface area contributed by atoms with Crippen LogP contribution in [0, 0.1) is 0 Å². The number of fused-ring (bicyclic) bond motifs is 3. The summed E-state index contributed by atoms with van der Waals surface area (Å²) in [7, 11) is -3.81. The summed E-state index contributed by atoms with van der Waals surface area (Å²) in [6.45, 7) is 0. The van der Waals surface area contributed by atoms with Crippen molar-refractivity contribution in [3.63, 3.8) is 0 Å². The first-order valence-electron chi connectivity index (χ1n) is 9.59. The Bertz CT molecular complexity index is 1230. The molecule has 5 rings (SSSR count). The van der Waals surface area contributed by atoms with Crippen molar-refractivity contribution in [1.29, 1.82) is 0 Å². The maximum atomic E-state index is 13.3. The first-order valence-corrected chi connectivity index (χ1v) is 12.4. The fraction of sp³-hybridized carbons (Fsp3) is 0.368. The first-order chi connectivity index (χ1) is 15.7. The SMILES string of the molecule is O=S1O[C@H]2[C@H](CS(=O)(=O)C[C@@H]2N2c3ccc(C(F)(F)F)cc3Oc3cc(C(F)(F)F)ccc32)O1. The van der Waals surface area contributed by atoms with Crippen LogP contribution in [-0.2, 0) is 41.9 Å². The molecule has 2 saturated heterocycles. The number of halogens is 6. The fourth-order valence-corrected chi connectivity index (χ4v) is 6.91. The Morgan fingerprint density at radius 3 is 1.88 bits per heavy atom. The van der Waals surface area contributed by atoms with Crippen molar-refractivity contribution in [2.45, 2.75) is 30.6 Å². The number of sulfone groups is 1. The van der Waals surface area contributed by atoms with Crippen LogP contribution in [0.4, 0.5) is 37.7 Å². The van der Waals surface area contributed by atoms with E-state index in [0.717, 1.165) is 24.3 Å². The number of nitrogens with zero attached hydrogens (tertiary/aromatic N) is 1. The largest absolute Gasteiger partial charge is 0.453 e. The van der Waals surface area contributed by atoms with Crippen LogP contribution in [0.1, 0.15) is 11.1 Å². The smallest absolute Gasteiger partial charge is 0.416 e. The van der Waals surface area contributed by atoms with Crippen LogP contribution in [-0.4, -0.2) is 42.4 Å². The normalized spacial score (nSPS) is 28.0. The highest BCUT2D eigenvalue weighted by Crippen LogP contribution is 2.52. The maximum absolute atomic E-state index is 13.3. The van der Waals surface area contributed by atoms with E-state index in [1.54, 1.807) is 0 Å². The van der Waals surface area contributed by atoms with E-state index in [2.05, 4.69) is 0 Å². The molecule has 0 amide bonds. The van der Waals surface area contributed by atoms with Crippen LogP contribution in [0.3, 0.4) is 0 Å². The third-order valence-corrected chi connectivity index (χ3v) is 8.09. The van der Waals surface area contributed by atoms with Crippen molar-refractivity contribution in [3.8, 4) is 11.5 Å². The van der Waals surface area contributed by atoms with Crippen LogP contribution >= 0.6 is 0 Å². The minimum Gasteiger partial charge on any atom is -0.453 e. The number of hydrogen-bond donors (Lipinski definition) is 0. The molecule has 0 bridgehead atoms. The number of ether oxygens (including phenoxy) is 1. The highest BCUT2D eigenvalue weighted by Gasteiger charge is 2.52. The van der Waals surface area contributed by atoms with E-state index in [4.69, 9.17) is 13.1 Å². The third kappa shape index (κ3) is 4.03. The molecular weight excluding hydrogens is 516 g/mol. The Hall–Kier alpha value is -2.36. The summed E-state index contributed by atoms with van der Waals surface area (Å²) in [5.41, 5.74) is -2.28. The number of alkyl halides is 6. The minimum absolute atomic E-state index is 0.0256. The average Bonchev–Trinajstić information content (AvgIpc) is 3.08. The van der Waals surface area contributed by atoms with E-state index >= 15 is 0 Å². The first kappa shape index (κ1) is 23.4. The lowest BCUT2D eigenvalue weighted by molar-refractivity contribution is -0.138. The van der Waals surface area contributed by atoms with E-state index < -0.39 is 85.9 Å². The molecule has 0 radical (unpaired) electrons. The van der Waals surface area contributed by atoms with Gasteiger partial charge in [0.1, 0.15) is 12.2 Å². The van der Waals surface area contributed by atoms with Crippen LogP contribution in [0.2, 0.25) is 0 Å². The van der Waals surface area contributed by atoms with E-state index in [0.29, 0.717) is 12.1 Å². The molecule has 15 heteroatoms. The second-order valence-electron chi connectivity index (χ2n) is 7.88. The van der Waals surface area contributed by atoms with Gasteiger partial charge in [-0.2, -0.15) is 30.6 Å². The number of hydrogen-bond acceptors (Lipinski definition) is 7. The summed E-state index contributed by atoms with van der Waals surface area (Å²) in [5.74, 6) is -1.93. The zero-order chi connectivity index (χ0) is 24.6. The predicted octanol–water partition coefficient (Wildman–Crippen LogP) is 4.13. The summed E-state index contributed by atoms with van der Waals surface area (Å²) in [6, 6.07) is 3.59. The van der Waals surface area contributed by atoms with Crippen molar-refractivity contribution in [1.82, 2.24) is 0 Å². The zero-order valence-electron chi connectivity index (χ0n) is 16.6. The molecule has 184 valence electrons. The predicted molar refractivity (Wildman–Crippen MR) is 105 cm³/mol. The van der Waals surface area contributed by atoms with Gasteiger partial charge in [-0.3, -0.25) is 8.37 Å². The molecule has 0 N–H and O–H groups in total. The highest BCUT2D eigenvalue weighted by molar-refractivity contribution is 7.91. The average molecular weight is 529 g/mol. The van der Waals surface area contributed by atoms with E-state index in [1.807, 2.05) is 0 Å². The molecule has 34 heavy (non-hydrogen) atoms. The minimum atomic E-state index is -4.77. The van der Waals surface area contributed by atoms with E-state index in [1.165, 1.54) is 4.90 Å². The van der Waals surface area contributed by atoms with Gasteiger partial charge in [-0.05, 0) is 36.4 Å². The Morgan fingerprint density at radius 1 is 0.853 bits per heavy atom. The van der Waals surface area contributed by atoms with Crippen molar-refractivity contribution < 1.29 is 52.1 Å². The zero-order valence-corrected chi connectivity index (χ0v) is 18.2. The van der Waals surface area contributed by atoms with Gasteiger partial charge in [-0.25, -0.2) is 8.42 Å². The Labute approximate surface area is 191 Å². The van der Waals surface area contributed by atoms with Gasteiger partial charge in [0.15, 0.2) is 21.3 Å². The van der Waals surface area contributed by atoms with E-state index in [9.17, 15) is 39.0 Å². The molecule has 1 unspecified atom stereocenters. The molecule has 3 aliphatic heterocycles. The second-order valence-corrected chi connectivity index (χ2v) is 10.8. The van der Waals surface area contributed by atoms with Gasteiger partial charge < -0.3 is 9.64 Å². The molecule has 3 heterocycles. The Kier molecular flexibility index (Phi) is 5.21. The van der Waals surface area contributed by atoms with Crippen molar-refractivity contribution in [2.75, 3.05) is 16.4 Å². The quantitative estimate of drug-likeness (QED) is 0.514. The van der Waals surface area contributed by atoms with Gasteiger partial charge >= 0.3 is 23.7 Å². The Morgan fingerprint density at radius 2 is 1.38 bits per heavy atom. The van der Waals surface area contributed by atoms with Crippen molar-refractivity contribution in [3.05, 3.63) is 47.5 Å². The van der Waals surface area contributed by atoms with E-state index in [-0.39, 0.29) is 11.4 Å². The number of rotatable bonds is 1. The molecule has 4 atom stereocenters. The van der Waals surface area contributed by atoms with Crippen LogP contribution in [0.15, 0.2) is 36.4 Å². The van der Waals surface area contributed by atoms with Gasteiger partial charge in [-0.15, -0.1) is 0 Å². The Balaban J connectivity index is 1.69. The standard InChI is InChI=1S/C19H13F6NO6S2/c20-18(21,22)9-1-3-11-14(5-9)30-15-6-10(19(23,24)25)2-4-12(15)26(11)13-7-34(28,29)8-16-17(13)32-33(27)31-16/h1-6,13,16-17H,7-8H2/t13-,16-,17+,33?/m0/s1. The summed E-state index contributed by atoms with van der Waals surface area (Å²) in [4.78, 5) is 1.24. The number of anilines is 2. The van der Waals surface area contributed by atoms with Gasteiger partial charge in [0.05, 0.1) is 40.0 Å². The maximum Gasteiger partial charge on any atom is 0.416 e. The molecule has 7 nitrogen and oxygen atoms in total. The van der Waals surface area contributed by atoms with Crippen molar-refractivity contribution in [2.24, 2.45) is 0 Å². The topological polar surface area (TPSA) is 82.1 Å². The molecule has 0 aliphatic carbocycles. The summed E-state index contributed by atoms with van der Waals surface area (Å²) in [6.07, 6.45) is -11.8. The van der Waals surface area contributed by atoms with Gasteiger partial charge in [-0.1, -0.05) is 0 Å². The molecule has 3 aliphatic rings. The second kappa shape index (κ2) is 7.57. The lowest BCUT2D eigenvalue weighted by Crippen LogP contribution is -2.56. The molecular formula is C19H13F6NO6S2. The summed E-state index contributed by atoms with van der Waals surface area (Å²) < 4.78 is 132. The molecule has 2 aromatic rings. The van der Waals surface area contributed by atoms with Gasteiger partial charge in [0.25, 0.3) is 0 Å². The van der Waals surface area contributed by atoms with Crippen LogP contribution in [0.25, 0.3) is 0 Å². The highest BCUT2D eigenvalue weighted by atomic mass is 32.2. The lowest BCUT2D eigenvalue weighted by Gasteiger charge is -2.42. The molecule has 2 fully saturated rings. The molecule has 0 saturated carbocycles. The number of benzene rings is 2. The molecule has 0 aromatic heterocycles. The molecule has 0 spiro atoms. The van der Waals surface area contributed by atoms with Crippen LogP contribution in [0.5, 0.6) is 11.5 Å². The lowest BCUT2D eigenvalue weighted by atomic mass is 10.0. The van der Waals surface area contributed by atoms with Gasteiger partial charge in [0, 0.05) is 0 Å². The monoisotopic (exact) mass is 529 g/mol. The van der Waals surface area contributed by atoms with Crippen LogP contribution < -0.4 is 9.64 Å². The third-order valence-electron chi connectivity index (χ3n) is 5.63. The molecule has 2 aromatic carbocycles. The van der Waals surface area contributed by atoms with Gasteiger partial charge in [0.2, 0.25) is 0 Å². The summed E-state index contributed by atoms with van der Waals surface area (Å²) >= 11 is -2.27. The van der Waals surface area contributed by atoms with Crippen molar-refractivity contribution >= 4 is 32.6 Å².